The van der Waals surface area contributed by atoms with Crippen molar-refractivity contribution in [2.24, 2.45) is 5.92 Å². The van der Waals surface area contributed by atoms with Gasteiger partial charge in [-0.2, -0.15) is 0 Å². The van der Waals surface area contributed by atoms with E-state index in [-0.39, 0.29) is 31.1 Å². The lowest BCUT2D eigenvalue weighted by Crippen LogP contribution is -2.55. The summed E-state index contributed by atoms with van der Waals surface area (Å²) >= 11 is 0. The van der Waals surface area contributed by atoms with E-state index in [1.807, 2.05) is 0 Å². The van der Waals surface area contributed by atoms with E-state index >= 15 is 0 Å². The number of carbonyl (C=O) groups excluding carboxylic acids is 3. The second-order valence-electron chi connectivity index (χ2n) is 7.55. The van der Waals surface area contributed by atoms with Crippen LogP contribution < -0.4 is 0 Å². The molecule has 2 saturated heterocycles. The first-order valence-corrected chi connectivity index (χ1v) is 9.77. The summed E-state index contributed by atoms with van der Waals surface area (Å²) in [6, 6.07) is 0. The number of hydrogen-bond acceptors (Lipinski definition) is 8. The van der Waals surface area contributed by atoms with E-state index in [0.29, 0.717) is 18.5 Å². The fourth-order valence-corrected chi connectivity index (χ4v) is 4.25. The van der Waals surface area contributed by atoms with Crippen molar-refractivity contribution in [1.82, 2.24) is 4.90 Å². The van der Waals surface area contributed by atoms with Crippen molar-refractivity contribution in [1.29, 1.82) is 0 Å². The van der Waals surface area contributed by atoms with E-state index in [1.54, 1.807) is 26.8 Å². The molecule has 9 heteroatoms. The van der Waals surface area contributed by atoms with E-state index in [2.05, 4.69) is 0 Å². The molecule has 2 N–H and O–H groups in total. The molecular weight excluding hydrogens is 382 g/mol. The number of hydrogen-bond donors (Lipinski definition) is 2. The van der Waals surface area contributed by atoms with Gasteiger partial charge in [-0.05, 0) is 20.3 Å². The highest BCUT2D eigenvalue weighted by atomic mass is 16.6. The van der Waals surface area contributed by atoms with Crippen molar-refractivity contribution < 1.29 is 38.8 Å². The van der Waals surface area contributed by atoms with Crippen molar-refractivity contribution >= 4 is 17.8 Å². The number of nitrogens with zero attached hydrogens (tertiary/aromatic N) is 1. The molecule has 0 spiro atoms. The lowest BCUT2D eigenvalue weighted by Gasteiger charge is -2.39. The molecule has 3 aliphatic heterocycles. The quantitative estimate of drug-likeness (QED) is 0.495. The van der Waals surface area contributed by atoms with E-state index in [9.17, 15) is 24.6 Å². The third-order valence-corrected chi connectivity index (χ3v) is 6.00. The monoisotopic (exact) mass is 409 g/mol. The van der Waals surface area contributed by atoms with Crippen LogP contribution in [0.5, 0.6) is 0 Å². The highest BCUT2D eigenvalue weighted by Gasteiger charge is 2.60. The molecule has 0 bridgehead atoms. The molecule has 0 aromatic heterocycles. The predicted molar refractivity (Wildman–Crippen MR) is 99.2 cm³/mol. The van der Waals surface area contributed by atoms with Crippen LogP contribution in [-0.4, -0.2) is 76.8 Å². The Kier molecular flexibility index (Phi) is 5.84. The van der Waals surface area contributed by atoms with Crippen molar-refractivity contribution in [3.8, 4) is 0 Å². The van der Waals surface area contributed by atoms with Crippen LogP contribution in [-0.2, 0) is 28.6 Å². The summed E-state index contributed by atoms with van der Waals surface area (Å²) in [5.41, 5.74) is -2.96. The molecule has 29 heavy (non-hydrogen) atoms. The Morgan fingerprint density at radius 1 is 1.38 bits per heavy atom. The number of amides is 1. The van der Waals surface area contributed by atoms with E-state index in [1.165, 1.54) is 11.0 Å². The molecule has 3 heterocycles. The van der Waals surface area contributed by atoms with Gasteiger partial charge in [-0.3, -0.25) is 4.79 Å². The lowest BCUT2D eigenvalue weighted by molar-refractivity contribution is -0.189. The summed E-state index contributed by atoms with van der Waals surface area (Å²) in [6.07, 6.45) is 2.49. The van der Waals surface area contributed by atoms with Gasteiger partial charge in [0.2, 0.25) is 11.6 Å². The molecule has 3 aliphatic rings. The Balaban J connectivity index is 2.07. The minimum Gasteiger partial charge on any atom is -0.459 e. The summed E-state index contributed by atoms with van der Waals surface area (Å²) in [6.45, 7) is 4.30. The maximum Gasteiger partial charge on any atom is 0.341 e. The molecule has 0 unspecified atom stereocenters. The molecule has 0 radical (unpaired) electrons. The van der Waals surface area contributed by atoms with Gasteiger partial charge in [-0.1, -0.05) is 13.0 Å². The minimum absolute atomic E-state index is 0.00118. The average molecular weight is 409 g/mol. The molecule has 9 nitrogen and oxygen atoms in total. The smallest absolute Gasteiger partial charge is 0.341 e. The lowest BCUT2D eigenvalue weighted by atomic mass is 9.84. The number of ether oxygens (including phenoxy) is 3. The predicted octanol–water partition coefficient (Wildman–Crippen LogP) is 0.0560. The van der Waals surface area contributed by atoms with Crippen molar-refractivity contribution in [3.05, 3.63) is 23.3 Å². The Morgan fingerprint density at radius 2 is 2.10 bits per heavy atom. The van der Waals surface area contributed by atoms with E-state index < -0.39 is 41.9 Å². The topological polar surface area (TPSA) is 123 Å². The fourth-order valence-electron chi connectivity index (χ4n) is 4.25. The zero-order chi connectivity index (χ0) is 21.4. The van der Waals surface area contributed by atoms with Crippen LogP contribution in [0.2, 0.25) is 0 Å². The standard InChI is InChI=1S/C20H27NO8/c1-4-13-8-12(3)19(26,11-22)18(25)27-10-14-9-16(23)21-7-6-15(29-17(13)24)20(14,21)28-5-2/h4,9,12,15,22,26H,5-8,10-11H2,1-3H3/b13-4-/t12-,15-,19+,20-/m0/s1. The molecule has 0 aliphatic carbocycles. The Bertz CT molecular complexity index is 774. The van der Waals surface area contributed by atoms with Gasteiger partial charge < -0.3 is 29.3 Å². The maximum absolute atomic E-state index is 12.9. The number of cyclic esters (lactones) is 1. The van der Waals surface area contributed by atoms with Gasteiger partial charge in [-0.25, -0.2) is 9.59 Å². The second-order valence-corrected chi connectivity index (χ2v) is 7.55. The van der Waals surface area contributed by atoms with Gasteiger partial charge in [0, 0.05) is 42.7 Å². The Labute approximate surface area is 168 Å². The van der Waals surface area contributed by atoms with Gasteiger partial charge in [0.05, 0.1) is 6.61 Å². The van der Waals surface area contributed by atoms with Crippen LogP contribution in [0, 0.1) is 5.92 Å². The molecular formula is C20H27NO8. The summed E-state index contributed by atoms with van der Waals surface area (Å²) in [4.78, 5) is 39.5. The molecule has 0 saturated carbocycles. The van der Waals surface area contributed by atoms with Crippen molar-refractivity contribution in [2.75, 3.05) is 26.4 Å². The van der Waals surface area contributed by atoms with Gasteiger partial charge in [0.15, 0.2) is 11.7 Å². The SMILES string of the molecule is C/C=C1/C[C@H](C)[C@](O)(CO)C(=O)OCC2=CC(=O)N3CC[C@H](OC1=O)[C@@]23OCC. The summed E-state index contributed by atoms with van der Waals surface area (Å²) in [5.74, 6) is -2.77. The van der Waals surface area contributed by atoms with Crippen LogP contribution >= 0.6 is 0 Å². The molecule has 0 aromatic rings. The highest BCUT2D eigenvalue weighted by Crippen LogP contribution is 2.44. The number of carbonyl (C=O) groups is 3. The Hall–Kier alpha value is -2.23. The summed E-state index contributed by atoms with van der Waals surface area (Å²) in [7, 11) is 0. The van der Waals surface area contributed by atoms with E-state index in [0.717, 1.165) is 0 Å². The maximum atomic E-state index is 12.9. The zero-order valence-corrected chi connectivity index (χ0v) is 16.8. The van der Waals surface area contributed by atoms with Gasteiger partial charge in [-0.15, -0.1) is 0 Å². The van der Waals surface area contributed by atoms with Gasteiger partial charge >= 0.3 is 11.9 Å². The largest absolute Gasteiger partial charge is 0.459 e. The minimum atomic E-state index is -2.20. The van der Waals surface area contributed by atoms with Crippen LogP contribution in [0.15, 0.2) is 23.3 Å². The number of rotatable bonds is 3. The van der Waals surface area contributed by atoms with E-state index in [4.69, 9.17) is 14.2 Å². The third kappa shape index (κ3) is 3.27. The Morgan fingerprint density at radius 3 is 2.72 bits per heavy atom. The number of allylic oxidation sites excluding steroid dienone is 1. The van der Waals surface area contributed by atoms with Gasteiger partial charge in [0.1, 0.15) is 6.61 Å². The molecule has 2 fully saturated rings. The first kappa shape index (κ1) is 21.5. The second kappa shape index (κ2) is 7.89. The highest BCUT2D eigenvalue weighted by molar-refractivity contribution is 5.94. The molecule has 160 valence electrons. The number of aliphatic hydroxyl groups excluding tert-OH is 1. The first-order valence-electron chi connectivity index (χ1n) is 9.77. The number of aliphatic hydroxyl groups is 2. The normalized spacial score (nSPS) is 36.9. The molecule has 0 aromatic carbocycles. The average Bonchev–Trinajstić information content (AvgIpc) is 3.18. The van der Waals surface area contributed by atoms with Crippen molar-refractivity contribution in [2.45, 2.75) is 51.0 Å². The molecule has 4 atom stereocenters. The first-order chi connectivity index (χ1) is 13.7. The van der Waals surface area contributed by atoms with Crippen molar-refractivity contribution in [3.63, 3.8) is 0 Å². The summed E-state index contributed by atoms with van der Waals surface area (Å²) in [5, 5.41) is 20.4. The fraction of sp³-hybridized carbons (Fsp3) is 0.650. The number of esters is 2. The van der Waals surface area contributed by atoms with Gasteiger partial charge in [0.25, 0.3) is 0 Å². The molecule has 3 rings (SSSR count). The molecule has 1 amide bonds. The zero-order valence-electron chi connectivity index (χ0n) is 16.8. The van der Waals surface area contributed by atoms with Crippen LogP contribution in [0.25, 0.3) is 0 Å². The third-order valence-electron chi connectivity index (χ3n) is 6.00. The van der Waals surface area contributed by atoms with Crippen LogP contribution in [0.3, 0.4) is 0 Å². The van der Waals surface area contributed by atoms with Crippen LogP contribution in [0.1, 0.15) is 33.6 Å². The summed E-state index contributed by atoms with van der Waals surface area (Å²) < 4.78 is 17.0. The van der Waals surface area contributed by atoms with Crippen LogP contribution in [0.4, 0.5) is 0 Å².